The van der Waals surface area contributed by atoms with Crippen LogP contribution >= 0.6 is 11.8 Å². The first-order valence-electron chi connectivity index (χ1n) is 7.47. The van der Waals surface area contributed by atoms with Crippen molar-refractivity contribution in [2.45, 2.75) is 11.9 Å². The van der Waals surface area contributed by atoms with Crippen molar-refractivity contribution in [3.05, 3.63) is 48.4 Å². The number of rotatable bonds is 6. The number of benzene rings is 1. The minimum absolute atomic E-state index is 0.114. The van der Waals surface area contributed by atoms with Crippen molar-refractivity contribution in [2.75, 3.05) is 18.2 Å². The Kier molecular flexibility index (Phi) is 5.30. The molecule has 25 heavy (non-hydrogen) atoms. The number of carbonyl (C=O) groups is 1. The van der Waals surface area contributed by atoms with Gasteiger partial charge in [-0.15, -0.1) is 0 Å². The topological polar surface area (TPSA) is 90.1 Å². The second-order valence-electron chi connectivity index (χ2n) is 5.10. The molecule has 128 valence electrons. The molecule has 0 bridgehead atoms. The summed E-state index contributed by atoms with van der Waals surface area (Å²) in [7, 11) is 1.59. The lowest BCUT2D eigenvalue weighted by Gasteiger charge is -2.06. The minimum Gasteiger partial charge on any atom is -0.497 e. The van der Waals surface area contributed by atoms with Crippen LogP contribution in [0, 0.1) is 6.92 Å². The number of ether oxygens (including phenoxy) is 1. The zero-order chi connectivity index (χ0) is 17.6. The summed E-state index contributed by atoms with van der Waals surface area (Å²) < 4.78 is 10.2. The first-order valence-corrected chi connectivity index (χ1v) is 8.46. The van der Waals surface area contributed by atoms with Gasteiger partial charge in [0.15, 0.2) is 5.82 Å². The third-order valence-corrected chi connectivity index (χ3v) is 4.16. The molecule has 0 aliphatic rings. The molecule has 2 aromatic heterocycles. The van der Waals surface area contributed by atoms with Gasteiger partial charge in [-0.1, -0.05) is 23.0 Å². The Hall–Kier alpha value is -2.87. The molecule has 1 N–H and O–H groups in total. The fourth-order valence-corrected chi connectivity index (χ4v) is 2.69. The summed E-state index contributed by atoms with van der Waals surface area (Å²) in [6.45, 7) is 1.76. The largest absolute Gasteiger partial charge is 0.497 e. The molecule has 1 aromatic carbocycles. The zero-order valence-corrected chi connectivity index (χ0v) is 14.5. The Labute approximate surface area is 148 Å². The van der Waals surface area contributed by atoms with Gasteiger partial charge in [0.2, 0.25) is 5.91 Å². The number of aromatic nitrogens is 3. The van der Waals surface area contributed by atoms with Gasteiger partial charge in [-0.25, -0.2) is 4.98 Å². The number of nitrogens with one attached hydrogen (secondary N) is 1. The Bertz CT molecular complexity index is 864. The van der Waals surface area contributed by atoms with Crippen LogP contribution in [0.25, 0.3) is 11.5 Å². The maximum Gasteiger partial charge on any atom is 0.259 e. The van der Waals surface area contributed by atoms with E-state index in [0.29, 0.717) is 23.2 Å². The smallest absolute Gasteiger partial charge is 0.259 e. The highest BCUT2D eigenvalue weighted by Crippen LogP contribution is 2.21. The summed E-state index contributed by atoms with van der Waals surface area (Å²) >= 11 is 1.35. The average Bonchev–Trinajstić information content (AvgIpc) is 3.07. The van der Waals surface area contributed by atoms with Crippen molar-refractivity contribution in [3.8, 4) is 17.2 Å². The van der Waals surface area contributed by atoms with Crippen molar-refractivity contribution in [2.24, 2.45) is 0 Å². The normalized spacial score (nSPS) is 10.5. The van der Waals surface area contributed by atoms with Crippen LogP contribution < -0.4 is 10.1 Å². The lowest BCUT2D eigenvalue weighted by Crippen LogP contribution is -2.14. The van der Waals surface area contributed by atoms with Crippen molar-refractivity contribution < 1.29 is 14.1 Å². The predicted molar refractivity (Wildman–Crippen MR) is 94.6 cm³/mol. The number of thioether (sulfide) groups is 1. The van der Waals surface area contributed by atoms with Gasteiger partial charge in [0.25, 0.3) is 5.89 Å². The molecule has 0 radical (unpaired) electrons. The number of anilines is 1. The van der Waals surface area contributed by atoms with E-state index in [9.17, 15) is 4.79 Å². The van der Waals surface area contributed by atoms with Crippen LogP contribution in [-0.4, -0.2) is 33.9 Å². The second-order valence-corrected chi connectivity index (χ2v) is 6.10. The summed E-state index contributed by atoms with van der Waals surface area (Å²) in [6, 6.07) is 10.9. The number of methoxy groups -OCH3 is 1. The molecule has 0 unspecified atom stereocenters. The average molecular weight is 356 g/mol. The van der Waals surface area contributed by atoms with E-state index in [1.807, 2.05) is 30.3 Å². The minimum atomic E-state index is -0.114. The van der Waals surface area contributed by atoms with Crippen LogP contribution in [0.3, 0.4) is 0 Å². The highest BCUT2D eigenvalue weighted by molar-refractivity contribution is 7.99. The molecule has 0 aliphatic heterocycles. The molecule has 0 saturated heterocycles. The lowest BCUT2D eigenvalue weighted by molar-refractivity contribution is -0.113. The van der Waals surface area contributed by atoms with Gasteiger partial charge in [0.05, 0.1) is 23.5 Å². The Morgan fingerprint density at radius 2 is 2.20 bits per heavy atom. The maximum atomic E-state index is 12.0. The van der Waals surface area contributed by atoms with E-state index in [2.05, 4.69) is 20.4 Å². The van der Waals surface area contributed by atoms with Crippen molar-refractivity contribution in [1.82, 2.24) is 15.1 Å². The van der Waals surface area contributed by atoms with E-state index < -0.39 is 0 Å². The number of pyridine rings is 1. The number of amides is 1. The number of hydrogen-bond donors (Lipinski definition) is 1. The van der Waals surface area contributed by atoms with Crippen LogP contribution in [0.4, 0.5) is 5.69 Å². The molecule has 0 spiro atoms. The fraction of sp³-hybridized carbons (Fsp3) is 0.176. The van der Waals surface area contributed by atoms with E-state index in [1.54, 1.807) is 26.3 Å². The first-order chi connectivity index (χ1) is 12.1. The SMILES string of the molecule is COc1cccc(NC(=O)CSc2ccc(-c3nc(C)no3)cn2)c1. The Morgan fingerprint density at radius 3 is 2.88 bits per heavy atom. The summed E-state index contributed by atoms with van der Waals surface area (Å²) in [5.41, 5.74) is 1.44. The molecule has 2 heterocycles. The molecule has 7 nitrogen and oxygen atoms in total. The van der Waals surface area contributed by atoms with E-state index in [-0.39, 0.29) is 11.7 Å². The molecule has 3 rings (SSSR count). The molecule has 8 heteroatoms. The summed E-state index contributed by atoms with van der Waals surface area (Å²) in [5.74, 6) is 1.83. The molecule has 0 fully saturated rings. The Morgan fingerprint density at radius 1 is 1.32 bits per heavy atom. The van der Waals surface area contributed by atoms with Gasteiger partial charge in [0.1, 0.15) is 5.75 Å². The van der Waals surface area contributed by atoms with E-state index >= 15 is 0 Å². The molecule has 3 aromatic rings. The first kappa shape index (κ1) is 17.0. The van der Waals surface area contributed by atoms with Gasteiger partial charge in [-0.2, -0.15) is 4.98 Å². The van der Waals surface area contributed by atoms with Crippen molar-refractivity contribution >= 4 is 23.4 Å². The summed E-state index contributed by atoms with van der Waals surface area (Å²) in [6.07, 6.45) is 1.65. The van der Waals surface area contributed by atoms with Gasteiger partial charge in [0, 0.05) is 18.0 Å². The van der Waals surface area contributed by atoms with Crippen LogP contribution in [-0.2, 0) is 4.79 Å². The van der Waals surface area contributed by atoms with Crippen molar-refractivity contribution in [1.29, 1.82) is 0 Å². The predicted octanol–water partition coefficient (Wildman–Crippen LogP) is 3.18. The van der Waals surface area contributed by atoms with Crippen LogP contribution in [0.1, 0.15) is 5.82 Å². The zero-order valence-electron chi connectivity index (χ0n) is 13.7. The van der Waals surface area contributed by atoms with E-state index in [0.717, 1.165) is 10.6 Å². The van der Waals surface area contributed by atoms with Crippen molar-refractivity contribution in [3.63, 3.8) is 0 Å². The standard InChI is InChI=1S/C17H16N4O3S/c1-11-19-17(24-21-11)12-6-7-16(18-9-12)25-10-15(22)20-13-4-3-5-14(8-13)23-2/h3-9H,10H2,1-2H3,(H,20,22). The number of hydrogen-bond acceptors (Lipinski definition) is 7. The van der Waals surface area contributed by atoms with Gasteiger partial charge >= 0.3 is 0 Å². The lowest BCUT2D eigenvalue weighted by atomic mass is 10.3. The molecule has 0 aliphatic carbocycles. The fourth-order valence-electron chi connectivity index (χ4n) is 2.04. The molecule has 1 amide bonds. The van der Waals surface area contributed by atoms with Crippen LogP contribution in [0.15, 0.2) is 52.1 Å². The molecule has 0 atom stereocenters. The van der Waals surface area contributed by atoms with Crippen LogP contribution in [0.2, 0.25) is 0 Å². The number of nitrogens with zero attached hydrogens (tertiary/aromatic N) is 3. The monoisotopic (exact) mass is 356 g/mol. The molecular weight excluding hydrogens is 340 g/mol. The maximum absolute atomic E-state index is 12.0. The number of carbonyl (C=O) groups excluding carboxylic acids is 1. The highest BCUT2D eigenvalue weighted by atomic mass is 32.2. The van der Waals surface area contributed by atoms with E-state index in [4.69, 9.17) is 9.26 Å². The highest BCUT2D eigenvalue weighted by Gasteiger charge is 2.08. The summed E-state index contributed by atoms with van der Waals surface area (Å²) in [4.78, 5) is 20.5. The summed E-state index contributed by atoms with van der Waals surface area (Å²) in [5, 5.41) is 7.31. The van der Waals surface area contributed by atoms with Gasteiger partial charge in [-0.05, 0) is 31.2 Å². The number of aryl methyl sites for hydroxylation is 1. The van der Waals surface area contributed by atoms with Gasteiger partial charge in [-0.3, -0.25) is 4.79 Å². The third-order valence-electron chi connectivity index (χ3n) is 3.22. The Balaban J connectivity index is 1.55. The van der Waals surface area contributed by atoms with Crippen LogP contribution in [0.5, 0.6) is 5.75 Å². The second kappa shape index (κ2) is 7.80. The third kappa shape index (κ3) is 4.57. The van der Waals surface area contributed by atoms with E-state index in [1.165, 1.54) is 11.8 Å². The quantitative estimate of drug-likeness (QED) is 0.678. The molecular formula is C17H16N4O3S. The van der Waals surface area contributed by atoms with Gasteiger partial charge < -0.3 is 14.6 Å². The molecule has 0 saturated carbocycles.